The summed E-state index contributed by atoms with van der Waals surface area (Å²) in [6.07, 6.45) is 0. The Kier molecular flexibility index (Phi) is 6.10. The maximum Gasteiger partial charge on any atom is 0.123 e. The third-order valence-electron chi connectivity index (χ3n) is 3.61. The minimum atomic E-state index is -0.184. The zero-order valence-electron chi connectivity index (χ0n) is 13.4. The van der Waals surface area contributed by atoms with Crippen molar-refractivity contribution >= 4 is 0 Å². The van der Waals surface area contributed by atoms with Crippen LogP contribution in [0.4, 0.5) is 4.39 Å². The Hall–Kier alpha value is -1.71. The Morgan fingerprint density at radius 3 is 1.77 bits per heavy atom. The van der Waals surface area contributed by atoms with Crippen LogP contribution in [0.2, 0.25) is 0 Å². The van der Waals surface area contributed by atoms with Crippen molar-refractivity contribution in [3.63, 3.8) is 0 Å². The van der Waals surface area contributed by atoms with Crippen LogP contribution in [0.3, 0.4) is 0 Å². The van der Waals surface area contributed by atoms with E-state index in [4.69, 9.17) is 5.73 Å². The van der Waals surface area contributed by atoms with Crippen LogP contribution in [0, 0.1) is 11.7 Å². The molecule has 2 aromatic carbocycles. The first-order chi connectivity index (χ1) is 10.6. The summed E-state index contributed by atoms with van der Waals surface area (Å²) in [5.41, 5.74) is 9.21. The molecule has 0 atom stereocenters. The van der Waals surface area contributed by atoms with E-state index in [1.165, 1.54) is 17.7 Å². The second kappa shape index (κ2) is 8.06. The number of nitrogens with zero attached hydrogens (tertiary/aromatic N) is 1. The van der Waals surface area contributed by atoms with E-state index in [1.54, 1.807) is 0 Å². The van der Waals surface area contributed by atoms with Gasteiger partial charge in [-0.1, -0.05) is 50.2 Å². The Bertz CT molecular complexity index is 561. The van der Waals surface area contributed by atoms with Gasteiger partial charge in [0.15, 0.2) is 0 Å². The summed E-state index contributed by atoms with van der Waals surface area (Å²) >= 11 is 0. The van der Waals surface area contributed by atoms with Gasteiger partial charge in [-0.15, -0.1) is 0 Å². The molecule has 0 heterocycles. The van der Waals surface area contributed by atoms with Crippen LogP contribution in [0.15, 0.2) is 48.5 Å². The lowest BCUT2D eigenvalue weighted by Gasteiger charge is -2.24. The van der Waals surface area contributed by atoms with E-state index < -0.39 is 0 Å². The monoisotopic (exact) mass is 300 g/mol. The van der Waals surface area contributed by atoms with Crippen molar-refractivity contribution in [3.05, 3.63) is 71.0 Å². The number of benzene rings is 2. The number of rotatable bonds is 7. The molecule has 0 fully saturated rings. The molecule has 2 N–H and O–H groups in total. The fourth-order valence-corrected chi connectivity index (χ4v) is 2.59. The van der Waals surface area contributed by atoms with Crippen LogP contribution in [0.5, 0.6) is 0 Å². The lowest BCUT2D eigenvalue weighted by Crippen LogP contribution is -2.27. The summed E-state index contributed by atoms with van der Waals surface area (Å²) in [7, 11) is 0. The molecule has 0 radical (unpaired) electrons. The molecule has 0 spiro atoms. The molecule has 2 aromatic rings. The Labute approximate surface area is 132 Å². The van der Waals surface area contributed by atoms with Crippen LogP contribution in [-0.4, -0.2) is 11.4 Å². The van der Waals surface area contributed by atoms with E-state index in [0.29, 0.717) is 12.5 Å². The molecule has 0 aliphatic rings. The van der Waals surface area contributed by atoms with Crippen molar-refractivity contribution < 1.29 is 4.39 Å². The zero-order valence-corrected chi connectivity index (χ0v) is 13.4. The maximum atomic E-state index is 13.0. The Morgan fingerprint density at radius 1 is 0.864 bits per heavy atom. The van der Waals surface area contributed by atoms with Crippen molar-refractivity contribution in [3.8, 4) is 0 Å². The highest BCUT2D eigenvalue weighted by Gasteiger charge is 2.09. The maximum absolute atomic E-state index is 13.0. The summed E-state index contributed by atoms with van der Waals surface area (Å²) in [5, 5.41) is 0. The molecule has 22 heavy (non-hydrogen) atoms. The summed E-state index contributed by atoms with van der Waals surface area (Å²) in [4.78, 5) is 2.40. The van der Waals surface area contributed by atoms with E-state index in [9.17, 15) is 4.39 Å². The molecule has 2 nitrogen and oxygen atoms in total. The second-order valence-corrected chi connectivity index (χ2v) is 6.21. The SMILES string of the molecule is CC(C)CN(Cc1ccc(F)cc1)Cc1ccc(CN)cc1. The van der Waals surface area contributed by atoms with Gasteiger partial charge in [-0.3, -0.25) is 4.90 Å². The Balaban J connectivity index is 2.06. The molecule has 0 amide bonds. The van der Waals surface area contributed by atoms with Crippen molar-refractivity contribution in [2.24, 2.45) is 11.7 Å². The molecule has 0 aliphatic carbocycles. The highest BCUT2D eigenvalue weighted by Crippen LogP contribution is 2.13. The van der Waals surface area contributed by atoms with E-state index >= 15 is 0 Å². The molecule has 2 rings (SSSR count). The normalized spacial score (nSPS) is 11.4. The summed E-state index contributed by atoms with van der Waals surface area (Å²) in [6, 6.07) is 15.2. The molecule has 0 saturated heterocycles. The zero-order chi connectivity index (χ0) is 15.9. The highest BCUT2D eigenvalue weighted by atomic mass is 19.1. The lowest BCUT2D eigenvalue weighted by molar-refractivity contribution is 0.227. The quantitative estimate of drug-likeness (QED) is 0.839. The third-order valence-corrected chi connectivity index (χ3v) is 3.61. The van der Waals surface area contributed by atoms with Crippen molar-refractivity contribution in [1.29, 1.82) is 0 Å². The van der Waals surface area contributed by atoms with E-state index in [2.05, 4.69) is 43.0 Å². The van der Waals surface area contributed by atoms with Gasteiger partial charge in [0.05, 0.1) is 0 Å². The van der Waals surface area contributed by atoms with Crippen molar-refractivity contribution in [2.45, 2.75) is 33.5 Å². The van der Waals surface area contributed by atoms with Crippen molar-refractivity contribution in [1.82, 2.24) is 4.90 Å². The van der Waals surface area contributed by atoms with Gasteiger partial charge < -0.3 is 5.73 Å². The first-order valence-electron chi connectivity index (χ1n) is 7.81. The second-order valence-electron chi connectivity index (χ2n) is 6.21. The minimum absolute atomic E-state index is 0.184. The van der Waals surface area contributed by atoms with Gasteiger partial charge in [-0.25, -0.2) is 4.39 Å². The predicted octanol–water partition coefficient (Wildman–Crippen LogP) is 3.94. The topological polar surface area (TPSA) is 29.3 Å². The van der Waals surface area contributed by atoms with E-state index in [-0.39, 0.29) is 5.82 Å². The summed E-state index contributed by atoms with van der Waals surface area (Å²) < 4.78 is 13.0. The van der Waals surface area contributed by atoms with E-state index in [0.717, 1.165) is 30.8 Å². The number of nitrogens with two attached hydrogens (primary N) is 1. The van der Waals surface area contributed by atoms with Crippen LogP contribution < -0.4 is 5.73 Å². The number of hydrogen-bond donors (Lipinski definition) is 1. The molecular weight excluding hydrogens is 275 g/mol. The smallest absolute Gasteiger partial charge is 0.123 e. The van der Waals surface area contributed by atoms with Crippen LogP contribution in [0.25, 0.3) is 0 Å². The van der Waals surface area contributed by atoms with Crippen LogP contribution in [0.1, 0.15) is 30.5 Å². The minimum Gasteiger partial charge on any atom is -0.326 e. The van der Waals surface area contributed by atoms with Gasteiger partial charge in [0.2, 0.25) is 0 Å². The molecular formula is C19H25FN2. The fraction of sp³-hybridized carbons (Fsp3) is 0.368. The molecule has 0 aliphatic heterocycles. The molecule has 0 aromatic heterocycles. The number of halogens is 1. The standard InChI is InChI=1S/C19H25FN2/c1-15(2)12-22(14-18-7-9-19(20)10-8-18)13-17-5-3-16(11-21)4-6-17/h3-10,15H,11-14,21H2,1-2H3. The van der Waals surface area contributed by atoms with Crippen LogP contribution >= 0.6 is 0 Å². The molecule has 0 saturated carbocycles. The molecule has 118 valence electrons. The first-order valence-corrected chi connectivity index (χ1v) is 7.81. The Morgan fingerprint density at radius 2 is 1.32 bits per heavy atom. The summed E-state index contributed by atoms with van der Waals surface area (Å²) in [6.45, 7) is 7.74. The molecule has 0 bridgehead atoms. The highest BCUT2D eigenvalue weighted by molar-refractivity contribution is 5.22. The number of hydrogen-bond acceptors (Lipinski definition) is 2. The summed E-state index contributed by atoms with van der Waals surface area (Å²) in [5.74, 6) is 0.403. The molecule has 3 heteroatoms. The van der Waals surface area contributed by atoms with Gasteiger partial charge in [0.25, 0.3) is 0 Å². The molecule has 0 unspecified atom stereocenters. The van der Waals surface area contributed by atoms with Gasteiger partial charge in [0, 0.05) is 26.2 Å². The predicted molar refractivity (Wildman–Crippen MR) is 89.7 cm³/mol. The van der Waals surface area contributed by atoms with Crippen LogP contribution in [-0.2, 0) is 19.6 Å². The van der Waals surface area contributed by atoms with Gasteiger partial charge >= 0.3 is 0 Å². The van der Waals surface area contributed by atoms with Gasteiger partial charge in [-0.05, 0) is 34.7 Å². The first kappa shape index (κ1) is 16.7. The van der Waals surface area contributed by atoms with Gasteiger partial charge in [-0.2, -0.15) is 0 Å². The third kappa shape index (κ3) is 5.24. The largest absolute Gasteiger partial charge is 0.326 e. The van der Waals surface area contributed by atoms with Gasteiger partial charge in [0.1, 0.15) is 5.82 Å². The van der Waals surface area contributed by atoms with Crippen molar-refractivity contribution in [2.75, 3.05) is 6.54 Å². The van der Waals surface area contributed by atoms with E-state index in [1.807, 2.05) is 12.1 Å². The average molecular weight is 300 g/mol. The average Bonchev–Trinajstić information content (AvgIpc) is 2.50. The fourth-order valence-electron chi connectivity index (χ4n) is 2.59. The lowest BCUT2D eigenvalue weighted by atomic mass is 10.1.